The molecular formula is C7H12O8S2. The standard InChI is InChI=1S/C7H12O8S2/c1-5(7(8)9)3-2-4-6(16(10,11)12)17(13,14)15/h3,6H,2,4H2,1H3,(H,8,9)(H,10,11,12)(H,13,14,15). The molecule has 0 rings (SSSR count). The summed E-state index contributed by atoms with van der Waals surface area (Å²) in [6.45, 7) is 1.23. The molecule has 17 heavy (non-hydrogen) atoms. The Kier molecular flexibility index (Phi) is 5.26. The number of hydrogen-bond acceptors (Lipinski definition) is 5. The summed E-state index contributed by atoms with van der Waals surface area (Å²) in [6, 6.07) is 0. The lowest BCUT2D eigenvalue weighted by Crippen LogP contribution is -2.29. The Morgan fingerprint density at radius 3 is 1.88 bits per heavy atom. The first-order chi connectivity index (χ1) is 7.46. The third-order valence-corrected chi connectivity index (χ3v) is 5.11. The lowest BCUT2D eigenvalue weighted by molar-refractivity contribution is -0.132. The van der Waals surface area contributed by atoms with Gasteiger partial charge in [-0.1, -0.05) is 6.08 Å². The molecule has 0 saturated heterocycles. The summed E-state index contributed by atoms with van der Waals surface area (Å²) in [5.74, 6) is -1.24. The molecule has 0 fully saturated rings. The summed E-state index contributed by atoms with van der Waals surface area (Å²) in [6.07, 6.45) is 0.219. The van der Waals surface area contributed by atoms with Gasteiger partial charge in [-0.3, -0.25) is 9.11 Å². The number of aliphatic carboxylic acids is 1. The van der Waals surface area contributed by atoms with Crippen molar-refractivity contribution in [3.8, 4) is 0 Å². The Balaban J connectivity index is 4.86. The third-order valence-electron chi connectivity index (χ3n) is 1.85. The molecule has 0 amide bonds. The summed E-state index contributed by atoms with van der Waals surface area (Å²) in [5.41, 5.74) is -0.102. The summed E-state index contributed by atoms with van der Waals surface area (Å²) in [4.78, 5) is 10.4. The molecule has 0 unspecified atom stereocenters. The zero-order chi connectivity index (χ0) is 13.9. The number of carboxylic acid groups (broad SMARTS) is 1. The number of allylic oxidation sites excluding steroid dienone is 1. The summed E-state index contributed by atoms with van der Waals surface area (Å²) >= 11 is 0. The van der Waals surface area contributed by atoms with Crippen molar-refractivity contribution in [1.29, 1.82) is 0 Å². The van der Waals surface area contributed by atoms with E-state index in [2.05, 4.69) is 0 Å². The van der Waals surface area contributed by atoms with Gasteiger partial charge < -0.3 is 5.11 Å². The van der Waals surface area contributed by atoms with Crippen molar-refractivity contribution in [1.82, 2.24) is 0 Å². The lowest BCUT2D eigenvalue weighted by Gasteiger charge is -2.08. The average Bonchev–Trinajstić information content (AvgIpc) is 2.07. The van der Waals surface area contributed by atoms with Crippen LogP contribution in [-0.4, -0.2) is 41.6 Å². The number of hydrogen-bond donors (Lipinski definition) is 3. The van der Waals surface area contributed by atoms with E-state index < -0.39 is 37.2 Å². The van der Waals surface area contributed by atoms with Crippen LogP contribution in [0.25, 0.3) is 0 Å². The van der Waals surface area contributed by atoms with Gasteiger partial charge in [-0.05, 0) is 19.8 Å². The normalized spacial score (nSPS) is 14.0. The van der Waals surface area contributed by atoms with Crippen molar-refractivity contribution in [3.63, 3.8) is 0 Å². The van der Waals surface area contributed by atoms with Crippen LogP contribution in [0.1, 0.15) is 19.8 Å². The fraction of sp³-hybridized carbons (Fsp3) is 0.571. The molecule has 0 saturated carbocycles. The van der Waals surface area contributed by atoms with Crippen LogP contribution in [0.3, 0.4) is 0 Å². The van der Waals surface area contributed by atoms with Gasteiger partial charge in [0.25, 0.3) is 20.2 Å². The van der Waals surface area contributed by atoms with Gasteiger partial charge in [0.2, 0.25) is 4.58 Å². The highest BCUT2D eigenvalue weighted by molar-refractivity contribution is 8.03. The minimum Gasteiger partial charge on any atom is -0.478 e. The second-order valence-electron chi connectivity index (χ2n) is 3.23. The van der Waals surface area contributed by atoms with Crippen molar-refractivity contribution in [2.45, 2.75) is 24.3 Å². The molecule has 0 aliphatic heterocycles. The third kappa shape index (κ3) is 5.77. The van der Waals surface area contributed by atoms with E-state index in [-0.39, 0.29) is 12.0 Å². The fourth-order valence-electron chi connectivity index (χ4n) is 0.975. The molecule has 8 nitrogen and oxygen atoms in total. The van der Waals surface area contributed by atoms with E-state index in [4.69, 9.17) is 14.2 Å². The first kappa shape index (κ1) is 16.0. The highest BCUT2D eigenvalue weighted by Gasteiger charge is 2.34. The van der Waals surface area contributed by atoms with Crippen LogP contribution in [0.15, 0.2) is 11.6 Å². The van der Waals surface area contributed by atoms with Crippen molar-refractivity contribution < 1.29 is 35.8 Å². The molecule has 0 aromatic rings. The van der Waals surface area contributed by atoms with Crippen LogP contribution in [0.2, 0.25) is 0 Å². The zero-order valence-corrected chi connectivity index (χ0v) is 10.4. The van der Waals surface area contributed by atoms with Crippen LogP contribution in [-0.2, 0) is 25.0 Å². The number of carbonyl (C=O) groups is 1. The maximum atomic E-state index is 10.7. The van der Waals surface area contributed by atoms with Gasteiger partial charge in [0.05, 0.1) is 0 Å². The predicted molar refractivity (Wildman–Crippen MR) is 57.5 cm³/mol. The van der Waals surface area contributed by atoms with Crippen molar-refractivity contribution in [2.24, 2.45) is 0 Å². The SMILES string of the molecule is CC(=CCCC(S(=O)(=O)O)S(=O)(=O)O)C(=O)O. The molecule has 0 aliphatic rings. The Morgan fingerprint density at radius 2 is 1.59 bits per heavy atom. The minimum absolute atomic E-state index is 0.102. The first-order valence-electron chi connectivity index (χ1n) is 4.29. The van der Waals surface area contributed by atoms with Gasteiger partial charge >= 0.3 is 5.97 Å². The summed E-state index contributed by atoms with van der Waals surface area (Å²) in [5, 5.41) is 8.46. The van der Waals surface area contributed by atoms with Crippen LogP contribution in [0, 0.1) is 0 Å². The largest absolute Gasteiger partial charge is 0.478 e. The minimum atomic E-state index is -4.96. The highest BCUT2D eigenvalue weighted by atomic mass is 32.3. The van der Waals surface area contributed by atoms with Gasteiger partial charge in [-0.2, -0.15) is 16.8 Å². The second kappa shape index (κ2) is 5.58. The zero-order valence-electron chi connectivity index (χ0n) is 8.77. The molecular weight excluding hydrogens is 276 g/mol. The Bertz CT molecular complexity index is 480. The smallest absolute Gasteiger partial charge is 0.330 e. The van der Waals surface area contributed by atoms with E-state index in [1.54, 1.807) is 0 Å². The van der Waals surface area contributed by atoms with E-state index in [0.717, 1.165) is 6.08 Å². The number of rotatable bonds is 6. The van der Waals surface area contributed by atoms with Gasteiger partial charge in [0.1, 0.15) is 0 Å². The quantitative estimate of drug-likeness (QED) is 0.453. The molecule has 0 aliphatic carbocycles. The molecule has 0 heterocycles. The molecule has 0 aromatic heterocycles. The van der Waals surface area contributed by atoms with Gasteiger partial charge in [-0.15, -0.1) is 0 Å². The van der Waals surface area contributed by atoms with E-state index in [1.165, 1.54) is 6.92 Å². The Hall–Kier alpha value is -0.970. The molecule has 0 aromatic carbocycles. The van der Waals surface area contributed by atoms with E-state index in [0.29, 0.717) is 0 Å². The first-order valence-corrected chi connectivity index (χ1v) is 7.29. The van der Waals surface area contributed by atoms with Gasteiger partial charge in [0, 0.05) is 5.57 Å². The second-order valence-corrected chi connectivity index (χ2v) is 6.73. The topological polar surface area (TPSA) is 146 Å². The Morgan fingerprint density at radius 1 is 1.18 bits per heavy atom. The fourth-order valence-corrected chi connectivity index (χ4v) is 3.07. The number of carboxylic acids is 1. The van der Waals surface area contributed by atoms with Crippen molar-refractivity contribution >= 4 is 26.2 Å². The summed E-state index contributed by atoms with van der Waals surface area (Å²) in [7, 11) is -9.91. The van der Waals surface area contributed by atoms with E-state index in [1.807, 2.05) is 0 Å². The van der Waals surface area contributed by atoms with E-state index in [9.17, 15) is 21.6 Å². The van der Waals surface area contributed by atoms with Gasteiger partial charge in [-0.25, -0.2) is 4.79 Å². The molecule has 0 spiro atoms. The predicted octanol–water partition coefficient (Wildman–Crippen LogP) is -0.101. The molecule has 0 bridgehead atoms. The Labute approximate surface area is 98.5 Å². The van der Waals surface area contributed by atoms with Crippen molar-refractivity contribution in [2.75, 3.05) is 0 Å². The maximum absolute atomic E-state index is 10.7. The average molecular weight is 288 g/mol. The van der Waals surface area contributed by atoms with Crippen LogP contribution in [0.4, 0.5) is 0 Å². The van der Waals surface area contributed by atoms with Crippen LogP contribution < -0.4 is 0 Å². The van der Waals surface area contributed by atoms with Crippen LogP contribution in [0.5, 0.6) is 0 Å². The summed E-state index contributed by atoms with van der Waals surface area (Å²) < 4.78 is 57.5. The van der Waals surface area contributed by atoms with Crippen molar-refractivity contribution in [3.05, 3.63) is 11.6 Å². The molecule has 3 N–H and O–H groups in total. The monoisotopic (exact) mass is 288 g/mol. The molecule has 100 valence electrons. The maximum Gasteiger partial charge on any atom is 0.330 e. The molecule has 0 radical (unpaired) electrons. The van der Waals surface area contributed by atoms with E-state index >= 15 is 0 Å². The van der Waals surface area contributed by atoms with Crippen LogP contribution >= 0.6 is 0 Å². The van der Waals surface area contributed by atoms with Gasteiger partial charge in [0.15, 0.2) is 0 Å². The highest BCUT2D eigenvalue weighted by Crippen LogP contribution is 2.14. The molecule has 10 heteroatoms. The molecule has 0 atom stereocenters. The lowest BCUT2D eigenvalue weighted by atomic mass is 10.2.